The van der Waals surface area contributed by atoms with Crippen LogP contribution in [-0.4, -0.2) is 58.3 Å². The maximum Gasteiger partial charge on any atom is 0.244 e. The lowest BCUT2D eigenvalue weighted by atomic mass is 9.96. The zero-order valence-corrected chi connectivity index (χ0v) is 13.7. The second kappa shape index (κ2) is 7.56. The van der Waals surface area contributed by atoms with Gasteiger partial charge in [-0.25, -0.2) is 0 Å². The van der Waals surface area contributed by atoms with Gasteiger partial charge in [0, 0.05) is 19.3 Å². The van der Waals surface area contributed by atoms with E-state index < -0.39 is 5.54 Å². The van der Waals surface area contributed by atoms with Crippen LogP contribution in [0.5, 0.6) is 0 Å². The number of morpholine rings is 1. The van der Waals surface area contributed by atoms with Gasteiger partial charge < -0.3 is 20.7 Å². The molecule has 3 N–H and O–H groups in total. The van der Waals surface area contributed by atoms with Gasteiger partial charge in [-0.15, -0.1) is 0 Å². The number of hydrogen-bond donors (Lipinski definition) is 2. The molecule has 0 radical (unpaired) electrons. The number of carbonyl (C=O) groups is 2. The predicted octanol–water partition coefficient (Wildman–Crippen LogP) is 0.198. The highest BCUT2D eigenvalue weighted by Gasteiger charge is 2.27. The molecule has 0 aromatic carbocycles. The molecule has 128 valence electrons. The summed E-state index contributed by atoms with van der Waals surface area (Å²) < 4.78 is 6.74. The molecule has 2 amide bonds. The summed E-state index contributed by atoms with van der Waals surface area (Å²) in [5, 5.41) is 6.86. The van der Waals surface area contributed by atoms with E-state index in [1.165, 1.54) is 10.9 Å². The summed E-state index contributed by atoms with van der Waals surface area (Å²) >= 11 is 0. The smallest absolute Gasteiger partial charge is 0.244 e. The summed E-state index contributed by atoms with van der Waals surface area (Å²) in [6.07, 6.45) is 4.58. The molecule has 2 rings (SSSR count). The molecular formula is C15H25N5O3. The van der Waals surface area contributed by atoms with Gasteiger partial charge in [0.05, 0.1) is 30.6 Å². The first kappa shape index (κ1) is 17.4. The van der Waals surface area contributed by atoms with Gasteiger partial charge in [0.1, 0.15) is 6.54 Å². The molecule has 0 bridgehead atoms. The minimum absolute atomic E-state index is 0.0103. The van der Waals surface area contributed by atoms with Gasteiger partial charge in [0.2, 0.25) is 11.8 Å². The topological polar surface area (TPSA) is 102 Å². The van der Waals surface area contributed by atoms with Crippen LogP contribution in [0.25, 0.3) is 0 Å². The Morgan fingerprint density at radius 2 is 2.13 bits per heavy atom. The quantitative estimate of drug-likeness (QED) is 0.778. The van der Waals surface area contributed by atoms with Crippen LogP contribution in [0.2, 0.25) is 0 Å². The Bertz CT molecular complexity index is 549. The molecule has 23 heavy (non-hydrogen) atoms. The van der Waals surface area contributed by atoms with Crippen molar-refractivity contribution >= 4 is 17.5 Å². The van der Waals surface area contributed by atoms with E-state index in [2.05, 4.69) is 10.4 Å². The average Bonchev–Trinajstić information content (AvgIpc) is 2.95. The zero-order valence-electron chi connectivity index (χ0n) is 13.7. The molecule has 1 aliphatic rings. The number of carbonyl (C=O) groups excluding carboxylic acids is 2. The van der Waals surface area contributed by atoms with Gasteiger partial charge in [-0.2, -0.15) is 5.10 Å². The van der Waals surface area contributed by atoms with Crippen molar-refractivity contribution in [2.24, 2.45) is 5.73 Å². The molecule has 0 aliphatic carbocycles. The van der Waals surface area contributed by atoms with E-state index >= 15 is 0 Å². The lowest BCUT2D eigenvalue weighted by Gasteiger charge is -2.26. The summed E-state index contributed by atoms with van der Waals surface area (Å²) in [5.74, 6) is -0.262. The second-order valence-corrected chi connectivity index (χ2v) is 6.04. The van der Waals surface area contributed by atoms with Crippen LogP contribution in [0.15, 0.2) is 12.4 Å². The fourth-order valence-corrected chi connectivity index (χ4v) is 2.47. The van der Waals surface area contributed by atoms with Crippen LogP contribution in [0, 0.1) is 0 Å². The number of nitrogens with two attached hydrogens (primary N) is 1. The average molecular weight is 323 g/mol. The number of nitrogens with one attached hydrogen (secondary N) is 1. The third-order valence-corrected chi connectivity index (χ3v) is 3.84. The van der Waals surface area contributed by atoms with Crippen molar-refractivity contribution in [2.75, 3.05) is 31.6 Å². The summed E-state index contributed by atoms with van der Waals surface area (Å²) in [7, 11) is 0. The van der Waals surface area contributed by atoms with Gasteiger partial charge in [0.15, 0.2) is 0 Å². The SMILES string of the molecule is CCCC(C)(N)C(=O)Nc1cnn(CC(=O)N2CCOCC2)c1. The van der Waals surface area contributed by atoms with Gasteiger partial charge in [-0.3, -0.25) is 14.3 Å². The Morgan fingerprint density at radius 3 is 2.78 bits per heavy atom. The van der Waals surface area contributed by atoms with Gasteiger partial charge in [0.25, 0.3) is 0 Å². The molecule has 1 fully saturated rings. The van der Waals surface area contributed by atoms with Crippen LogP contribution in [0.4, 0.5) is 5.69 Å². The molecule has 1 saturated heterocycles. The highest BCUT2D eigenvalue weighted by atomic mass is 16.5. The van der Waals surface area contributed by atoms with E-state index in [1.54, 1.807) is 18.0 Å². The lowest BCUT2D eigenvalue weighted by molar-refractivity contribution is -0.136. The Kier molecular flexibility index (Phi) is 5.73. The largest absolute Gasteiger partial charge is 0.378 e. The Hall–Kier alpha value is -1.93. The van der Waals surface area contributed by atoms with E-state index in [1.807, 2.05) is 6.92 Å². The van der Waals surface area contributed by atoms with E-state index in [9.17, 15) is 9.59 Å². The molecule has 1 aliphatic heterocycles. The van der Waals surface area contributed by atoms with E-state index in [0.717, 1.165) is 6.42 Å². The maximum atomic E-state index is 12.1. The summed E-state index contributed by atoms with van der Waals surface area (Å²) in [6.45, 7) is 6.17. The summed E-state index contributed by atoms with van der Waals surface area (Å²) in [5.41, 5.74) is 5.62. The standard InChI is InChI=1S/C15H25N5O3/c1-3-4-15(2,16)14(22)18-12-9-17-20(10-12)11-13(21)19-5-7-23-8-6-19/h9-10H,3-8,11,16H2,1-2H3,(H,18,22). The second-order valence-electron chi connectivity index (χ2n) is 6.04. The molecule has 0 spiro atoms. The minimum Gasteiger partial charge on any atom is -0.378 e. The Morgan fingerprint density at radius 1 is 1.43 bits per heavy atom. The van der Waals surface area contributed by atoms with Crippen molar-refractivity contribution < 1.29 is 14.3 Å². The third kappa shape index (κ3) is 4.77. The zero-order chi connectivity index (χ0) is 16.9. The summed E-state index contributed by atoms with van der Waals surface area (Å²) in [4.78, 5) is 26.0. The van der Waals surface area contributed by atoms with Crippen molar-refractivity contribution in [3.8, 4) is 0 Å². The normalized spacial score (nSPS) is 17.6. The number of ether oxygens (including phenoxy) is 1. The Labute approximate surface area is 135 Å². The highest BCUT2D eigenvalue weighted by molar-refractivity contribution is 5.97. The molecule has 1 unspecified atom stereocenters. The number of anilines is 1. The van der Waals surface area contributed by atoms with Crippen molar-refractivity contribution in [2.45, 2.75) is 38.8 Å². The van der Waals surface area contributed by atoms with Crippen LogP contribution in [0.1, 0.15) is 26.7 Å². The van der Waals surface area contributed by atoms with Crippen LogP contribution < -0.4 is 11.1 Å². The van der Waals surface area contributed by atoms with Crippen LogP contribution in [-0.2, 0) is 20.9 Å². The van der Waals surface area contributed by atoms with Crippen molar-refractivity contribution in [1.82, 2.24) is 14.7 Å². The number of aromatic nitrogens is 2. The molecular weight excluding hydrogens is 298 g/mol. The lowest BCUT2D eigenvalue weighted by Crippen LogP contribution is -2.48. The number of hydrogen-bond acceptors (Lipinski definition) is 5. The number of amides is 2. The predicted molar refractivity (Wildman–Crippen MR) is 85.8 cm³/mol. The van der Waals surface area contributed by atoms with Crippen LogP contribution >= 0.6 is 0 Å². The molecule has 2 heterocycles. The molecule has 0 saturated carbocycles. The fraction of sp³-hybridized carbons (Fsp3) is 0.667. The first-order valence-corrected chi connectivity index (χ1v) is 7.90. The Balaban J connectivity index is 1.90. The highest BCUT2D eigenvalue weighted by Crippen LogP contribution is 2.13. The van der Waals surface area contributed by atoms with Crippen LogP contribution in [0.3, 0.4) is 0 Å². The van der Waals surface area contributed by atoms with Crippen molar-refractivity contribution in [1.29, 1.82) is 0 Å². The fourth-order valence-electron chi connectivity index (χ4n) is 2.47. The van der Waals surface area contributed by atoms with E-state index in [4.69, 9.17) is 10.5 Å². The van der Waals surface area contributed by atoms with Crippen molar-refractivity contribution in [3.63, 3.8) is 0 Å². The molecule has 1 aromatic heterocycles. The molecule has 1 atom stereocenters. The van der Waals surface area contributed by atoms with Gasteiger partial charge in [-0.1, -0.05) is 13.3 Å². The molecule has 8 heteroatoms. The first-order valence-electron chi connectivity index (χ1n) is 7.90. The number of rotatable bonds is 6. The first-order chi connectivity index (χ1) is 10.9. The minimum atomic E-state index is -0.916. The third-order valence-electron chi connectivity index (χ3n) is 3.84. The maximum absolute atomic E-state index is 12.1. The number of nitrogens with zero attached hydrogens (tertiary/aromatic N) is 3. The molecule has 1 aromatic rings. The van der Waals surface area contributed by atoms with E-state index in [-0.39, 0.29) is 18.4 Å². The van der Waals surface area contributed by atoms with Gasteiger partial charge in [-0.05, 0) is 13.3 Å². The van der Waals surface area contributed by atoms with E-state index in [0.29, 0.717) is 38.4 Å². The monoisotopic (exact) mass is 323 g/mol. The van der Waals surface area contributed by atoms with Crippen molar-refractivity contribution in [3.05, 3.63) is 12.4 Å². The molecule has 8 nitrogen and oxygen atoms in total. The summed E-state index contributed by atoms with van der Waals surface area (Å²) in [6, 6.07) is 0. The van der Waals surface area contributed by atoms with Gasteiger partial charge >= 0.3 is 0 Å².